The van der Waals surface area contributed by atoms with E-state index in [-0.39, 0.29) is 85.0 Å². The van der Waals surface area contributed by atoms with Gasteiger partial charge in [-0.3, -0.25) is 23.7 Å². The van der Waals surface area contributed by atoms with Crippen molar-refractivity contribution in [2.24, 2.45) is 29.2 Å². The molecular formula is C86H106ClF15N20O10S2. The summed E-state index contributed by atoms with van der Waals surface area (Å²) >= 11 is 0. The van der Waals surface area contributed by atoms with E-state index in [1.54, 1.807) is 87.5 Å². The molecule has 3 aromatic heterocycles. The molecule has 30 nitrogen and oxygen atoms in total. The van der Waals surface area contributed by atoms with Gasteiger partial charge in [-0.2, -0.15) is 63.7 Å². The first kappa shape index (κ1) is 110. The maximum absolute atomic E-state index is 14.6. The lowest BCUT2D eigenvalue weighted by atomic mass is 9.91. The van der Waals surface area contributed by atoms with Gasteiger partial charge in [0.25, 0.3) is 27.9 Å². The highest BCUT2D eigenvalue weighted by atomic mass is 35.5. The maximum atomic E-state index is 14.6. The highest BCUT2D eigenvalue weighted by Gasteiger charge is 2.53. The van der Waals surface area contributed by atoms with Crippen molar-refractivity contribution in [1.29, 1.82) is 15.8 Å². The van der Waals surface area contributed by atoms with Crippen LogP contribution in [0.1, 0.15) is 174 Å². The molecule has 0 aliphatic carbocycles. The number of piperidine rings is 3. The van der Waals surface area contributed by atoms with Crippen LogP contribution in [0, 0.1) is 51.7 Å². The number of nitrogens with one attached hydrogen (secondary N) is 3. The van der Waals surface area contributed by atoms with E-state index in [1.807, 2.05) is 25.1 Å². The summed E-state index contributed by atoms with van der Waals surface area (Å²) < 4.78 is 264. The Hall–Kier alpha value is -11.1. The molecule has 134 heavy (non-hydrogen) atoms. The average Bonchev–Trinajstić information content (AvgIpc) is 1.62. The zero-order chi connectivity index (χ0) is 97.8. The van der Waals surface area contributed by atoms with E-state index in [1.165, 1.54) is 18.2 Å². The number of benzene rings is 3. The van der Waals surface area contributed by atoms with Gasteiger partial charge in [0.05, 0.1) is 60.3 Å². The van der Waals surface area contributed by atoms with Crippen LogP contribution >= 0.6 is 12.4 Å². The molecule has 0 bridgehead atoms. The second kappa shape index (κ2) is 50.0. The Morgan fingerprint density at radius 1 is 0.455 bits per heavy atom. The van der Waals surface area contributed by atoms with Gasteiger partial charge in [0.15, 0.2) is 0 Å². The zero-order valence-electron chi connectivity index (χ0n) is 73.3. The van der Waals surface area contributed by atoms with Gasteiger partial charge in [-0.25, -0.2) is 56.2 Å². The van der Waals surface area contributed by atoms with E-state index < -0.39 is 149 Å². The lowest BCUT2D eigenvalue weighted by Crippen LogP contribution is -2.44. The summed E-state index contributed by atoms with van der Waals surface area (Å²) in [5.74, 6) is -16.4. The summed E-state index contributed by atoms with van der Waals surface area (Å²) in [4.78, 5) is 80.7. The first-order valence-electron chi connectivity index (χ1n) is 43.2. The monoisotopic (exact) mass is 1960 g/mol. The molecule has 3 atom stereocenters. The summed E-state index contributed by atoms with van der Waals surface area (Å²) in [6.07, 6.45) is -5.17. The van der Waals surface area contributed by atoms with Crippen LogP contribution in [0.4, 0.5) is 101 Å². The molecule has 6 aliphatic heterocycles. The first-order chi connectivity index (χ1) is 62.6. The number of rotatable bonds is 30. The lowest BCUT2D eigenvalue weighted by Gasteiger charge is -2.34. The molecule has 6 aliphatic rings. The number of carbonyl (C=O) groups is 4. The molecule has 734 valence electrons. The number of nitrogens with two attached hydrogens (primary N) is 2. The molecule has 0 saturated carbocycles. The van der Waals surface area contributed by atoms with Gasteiger partial charge in [-0.1, -0.05) is 63.1 Å². The number of halogens is 16. The molecule has 0 radical (unpaired) electrons. The van der Waals surface area contributed by atoms with Gasteiger partial charge in [0.1, 0.15) is 58.8 Å². The summed E-state index contributed by atoms with van der Waals surface area (Å²) in [6.45, 7) is 4.89. The third-order valence-electron chi connectivity index (χ3n) is 22.9. The Kier molecular flexibility index (Phi) is 41.0. The van der Waals surface area contributed by atoms with Crippen molar-refractivity contribution < 1.29 is 111 Å². The molecule has 0 spiro atoms. The minimum atomic E-state index is -4.92. The van der Waals surface area contributed by atoms with E-state index in [0.29, 0.717) is 125 Å². The van der Waals surface area contributed by atoms with Crippen molar-refractivity contribution in [3.05, 3.63) is 142 Å². The number of amides is 3. The summed E-state index contributed by atoms with van der Waals surface area (Å²) in [5, 5.41) is 34.6. The van der Waals surface area contributed by atoms with Crippen molar-refractivity contribution in [3.63, 3.8) is 0 Å². The van der Waals surface area contributed by atoms with Crippen LogP contribution in [-0.2, 0) is 77.7 Å². The lowest BCUT2D eigenvalue weighted by molar-refractivity contribution is -0.145. The van der Waals surface area contributed by atoms with Crippen LogP contribution in [0.15, 0.2) is 91.0 Å². The molecule has 6 fully saturated rings. The standard InChI is InChI=1S/C31H37F5N6O2.C27H31F5N6O.C26H30F5N7O.C2H7NO3S.ClH.O3S/c1-2-4-24(43)6-3-5-21-12-15-41(16-13-21)26-17-27(40-29(39-26)31(34,35)36)42-20-30(32,33)18-25(42)28(44)38-14-11-22-7-9-23(19-37)10-8-22;1-2-3-18-9-12-37(13-10-18)22-14-23(36-25(35-22)27(30,31)32)38-17-26(28,29)15-21(38)24(39)34-11-8-19-4-6-20(16-33)7-5-19;27-25(28)14-20(23(39)34-10-6-17-1-3-19(15-33)4-2-17)38(16-25)22-13-21(35-24(36-22)26(29,30)31)37-11-7-18(5-9-32)8-12-37;3-1-2-7(4,5)6;;1-4(2)3/h7-10,17,21,25H,2-6,11-16,18,20H2,1H3,(H,38,44);4-7,14,18,21H,2-3,8-13,15,17H2,1H3,(H,34,39);1-4,13,18,20H,5-12,14,16,32H2,(H,34,39);1-3H2,(H,4,5,6);1H;/t25-;21-;20-;;;/m000.../s1. The third-order valence-corrected chi connectivity index (χ3v) is 23.7. The Labute approximate surface area is 772 Å². The highest BCUT2D eigenvalue weighted by molar-refractivity contribution is 7.85. The van der Waals surface area contributed by atoms with Gasteiger partial charge in [-0.05, 0) is 161 Å². The molecule has 3 aromatic carbocycles. The van der Waals surface area contributed by atoms with Gasteiger partial charge in [-0.15, -0.1) is 25.0 Å². The van der Waals surface area contributed by atoms with Crippen molar-refractivity contribution in [2.75, 3.05) is 127 Å². The van der Waals surface area contributed by atoms with Crippen LogP contribution in [0.2, 0.25) is 0 Å². The van der Waals surface area contributed by atoms with E-state index in [4.69, 9.17) is 44.4 Å². The quantitative estimate of drug-likeness (QED) is 0.0180. The van der Waals surface area contributed by atoms with E-state index in [2.05, 4.69) is 52.8 Å². The largest absolute Gasteiger partial charge is 0.451 e. The van der Waals surface area contributed by atoms with E-state index in [0.717, 1.165) is 95.6 Å². The average molecular weight is 1960 g/mol. The Morgan fingerprint density at radius 3 is 0.970 bits per heavy atom. The van der Waals surface area contributed by atoms with Crippen molar-refractivity contribution >= 4 is 91.5 Å². The fraction of sp³-hybridized carbons (Fsp3) is 0.570. The number of aromatic nitrogens is 6. The van der Waals surface area contributed by atoms with Gasteiger partial charge in [0.2, 0.25) is 35.2 Å². The number of Topliss-reactive ketones (excluding diaryl/α,β-unsaturated/α-hetero) is 1. The number of ketones is 1. The molecule has 8 N–H and O–H groups in total. The molecule has 48 heteroatoms. The van der Waals surface area contributed by atoms with Crippen LogP contribution in [-0.4, -0.2) is 212 Å². The molecule has 12 rings (SSSR count). The maximum Gasteiger partial charge on any atom is 0.451 e. The topological polar surface area (TPSA) is 430 Å². The fourth-order valence-electron chi connectivity index (χ4n) is 16.2. The SMILES string of the molecule is CCCC(=O)CCCC1CCN(c2cc(N3CC(F)(F)C[C@H]3C(=O)NCCc3ccc(C#N)cc3)nc(C(F)(F)F)n2)CC1.CCCC1CCN(c2cc(N3CC(F)(F)C[C@H]3C(=O)NCCc3ccc(C#N)cc3)nc(C(F)(F)F)n2)CC1.Cl.N#Cc1ccc(CCNC(=O)[C@@H]2CC(F)(F)CN2c2cc(N3CCC(CCN)CC3)nc(C(F)(F)F)n2)cc1.NCCS(=O)(=O)O.O=S(=O)=O. The zero-order valence-corrected chi connectivity index (χ0v) is 75.7. The fourth-order valence-corrected chi connectivity index (χ4v) is 16.5. The van der Waals surface area contributed by atoms with Crippen LogP contribution in [0.3, 0.4) is 0 Å². The summed E-state index contributed by atoms with van der Waals surface area (Å²) in [7, 11) is -6.91. The van der Waals surface area contributed by atoms with Crippen LogP contribution in [0.25, 0.3) is 0 Å². The smallest absolute Gasteiger partial charge is 0.356 e. The molecular weight excluding hydrogens is 1860 g/mol. The van der Waals surface area contributed by atoms with Crippen molar-refractivity contribution in [1.82, 2.24) is 45.9 Å². The van der Waals surface area contributed by atoms with E-state index in [9.17, 15) is 93.5 Å². The molecule has 6 aromatic rings. The highest BCUT2D eigenvalue weighted by Crippen LogP contribution is 2.43. The number of carbonyl (C=O) groups excluding carboxylic acids is 4. The number of anilines is 6. The predicted molar refractivity (Wildman–Crippen MR) is 466 cm³/mol. The molecule has 6 saturated heterocycles. The Bertz CT molecular complexity index is 5050. The molecule has 0 unspecified atom stereocenters. The van der Waals surface area contributed by atoms with Crippen LogP contribution in [0.5, 0.6) is 0 Å². The Balaban J connectivity index is 0.000000258. The van der Waals surface area contributed by atoms with Crippen molar-refractivity contribution in [2.45, 2.75) is 197 Å². The number of alkyl halides is 15. The predicted octanol–water partition coefficient (Wildman–Crippen LogP) is 12.4. The summed E-state index contributed by atoms with van der Waals surface area (Å²) in [6, 6.07) is 25.7. The first-order valence-corrected chi connectivity index (χ1v) is 45.8. The third kappa shape index (κ3) is 34.7. The molecule has 9 heterocycles. The normalized spacial score (nSPS) is 18.4. The van der Waals surface area contributed by atoms with Gasteiger partial charge in [0, 0.05) is 116 Å². The number of hydrogen-bond acceptors (Lipinski definition) is 26. The number of hydrogen-bond donors (Lipinski definition) is 6. The van der Waals surface area contributed by atoms with Crippen molar-refractivity contribution in [3.8, 4) is 18.2 Å². The molecule has 3 amide bonds. The minimum absolute atomic E-state index is 0. The second-order valence-corrected chi connectivity index (χ2v) is 35.0. The van der Waals surface area contributed by atoms with E-state index >= 15 is 0 Å². The number of nitriles is 3. The Morgan fingerprint density at radius 2 is 0.731 bits per heavy atom. The second-order valence-electron chi connectivity index (χ2n) is 33.0. The van der Waals surface area contributed by atoms with Gasteiger partial charge < -0.3 is 56.8 Å². The minimum Gasteiger partial charge on any atom is -0.356 e. The van der Waals surface area contributed by atoms with Gasteiger partial charge >= 0.3 is 29.1 Å². The summed E-state index contributed by atoms with van der Waals surface area (Å²) in [5.41, 5.74) is 14.3. The number of nitrogens with zero attached hydrogens (tertiary/aromatic N) is 15. The van der Waals surface area contributed by atoms with Crippen LogP contribution < -0.4 is 56.8 Å².